The summed E-state index contributed by atoms with van der Waals surface area (Å²) in [6.45, 7) is 3.98. The molecule has 0 unspecified atom stereocenters. The summed E-state index contributed by atoms with van der Waals surface area (Å²) in [6, 6.07) is 12.7. The molecule has 0 atom stereocenters. The lowest BCUT2D eigenvalue weighted by Gasteiger charge is -2.12. The summed E-state index contributed by atoms with van der Waals surface area (Å²) in [5.41, 5.74) is 2.39. The monoisotopic (exact) mass is 391 g/mol. The Kier molecular flexibility index (Phi) is 5.63. The van der Waals surface area contributed by atoms with Gasteiger partial charge in [-0.3, -0.25) is 4.79 Å². The summed E-state index contributed by atoms with van der Waals surface area (Å²) in [5.74, 6) is -0.918. The average Bonchev–Trinajstić information content (AvgIpc) is 3.09. The van der Waals surface area contributed by atoms with Crippen molar-refractivity contribution < 1.29 is 14.1 Å². The number of rotatable bonds is 5. The van der Waals surface area contributed by atoms with E-state index in [1.54, 1.807) is 11.0 Å². The molecule has 0 radical (unpaired) electrons. The molecule has 2 aromatic rings. The van der Waals surface area contributed by atoms with E-state index >= 15 is 0 Å². The van der Waals surface area contributed by atoms with Crippen LogP contribution in [-0.4, -0.2) is 19.0 Å². The molecule has 0 aliphatic carbocycles. The molecular formula is C19H21BrFN2O+. The lowest BCUT2D eigenvalue weighted by Crippen LogP contribution is -3.08. The van der Waals surface area contributed by atoms with Crippen LogP contribution in [0.2, 0.25) is 0 Å². The predicted molar refractivity (Wildman–Crippen MR) is 95.3 cm³/mol. The van der Waals surface area contributed by atoms with Crippen LogP contribution < -0.4 is 10.2 Å². The molecule has 2 aromatic carbocycles. The number of carbonyl (C=O) groups is 1. The molecular weight excluding hydrogens is 371 g/mol. The van der Waals surface area contributed by atoms with Crippen LogP contribution in [0.3, 0.4) is 0 Å². The Morgan fingerprint density at radius 3 is 2.46 bits per heavy atom. The van der Waals surface area contributed by atoms with Gasteiger partial charge in [0.05, 0.1) is 18.7 Å². The number of carbonyl (C=O) groups excluding carboxylic acids is 1. The van der Waals surface area contributed by atoms with Gasteiger partial charge in [0.2, 0.25) is 0 Å². The first-order chi connectivity index (χ1) is 11.6. The van der Waals surface area contributed by atoms with Gasteiger partial charge in [-0.15, -0.1) is 0 Å². The van der Waals surface area contributed by atoms with Gasteiger partial charge < -0.3 is 10.2 Å². The fourth-order valence-corrected chi connectivity index (χ4v) is 3.43. The maximum atomic E-state index is 13.7. The van der Waals surface area contributed by atoms with E-state index in [-0.39, 0.29) is 5.56 Å². The van der Waals surface area contributed by atoms with E-state index in [1.807, 2.05) is 12.1 Å². The molecule has 0 aromatic heterocycles. The Hall–Kier alpha value is -1.72. The maximum absolute atomic E-state index is 13.7. The molecule has 1 fully saturated rings. The van der Waals surface area contributed by atoms with Crippen molar-refractivity contribution in [3.8, 4) is 0 Å². The first-order valence-corrected chi connectivity index (χ1v) is 9.06. The summed E-state index contributed by atoms with van der Waals surface area (Å²) < 4.78 is 14.4. The Morgan fingerprint density at radius 1 is 1.08 bits per heavy atom. The van der Waals surface area contributed by atoms with Gasteiger partial charge in [-0.25, -0.2) is 4.39 Å². The van der Waals surface area contributed by atoms with E-state index in [2.05, 4.69) is 33.4 Å². The zero-order chi connectivity index (χ0) is 16.9. The van der Waals surface area contributed by atoms with E-state index in [9.17, 15) is 9.18 Å². The highest BCUT2D eigenvalue weighted by Crippen LogP contribution is 2.15. The molecule has 1 aliphatic heterocycles. The SMILES string of the molecule is O=C(NCc1ccc(C[NH+]2CCCC2)cc1)c1cc(Br)ccc1F. The van der Waals surface area contributed by atoms with E-state index in [0.29, 0.717) is 11.0 Å². The van der Waals surface area contributed by atoms with E-state index < -0.39 is 11.7 Å². The van der Waals surface area contributed by atoms with E-state index in [1.165, 1.54) is 43.6 Å². The molecule has 1 amide bonds. The molecule has 0 spiro atoms. The molecule has 1 saturated heterocycles. The minimum atomic E-state index is -0.514. The average molecular weight is 392 g/mol. The fraction of sp³-hybridized carbons (Fsp3) is 0.316. The number of hydrogen-bond acceptors (Lipinski definition) is 1. The van der Waals surface area contributed by atoms with Gasteiger partial charge in [-0.2, -0.15) is 0 Å². The number of benzene rings is 2. The van der Waals surface area contributed by atoms with Crippen LogP contribution in [0.5, 0.6) is 0 Å². The third-order valence-electron chi connectivity index (χ3n) is 4.41. The Balaban J connectivity index is 1.56. The Morgan fingerprint density at radius 2 is 1.75 bits per heavy atom. The van der Waals surface area contributed by atoms with Crippen molar-refractivity contribution in [2.45, 2.75) is 25.9 Å². The largest absolute Gasteiger partial charge is 0.348 e. The zero-order valence-corrected chi connectivity index (χ0v) is 15.0. The van der Waals surface area contributed by atoms with Crippen molar-refractivity contribution in [2.24, 2.45) is 0 Å². The van der Waals surface area contributed by atoms with Crippen molar-refractivity contribution >= 4 is 21.8 Å². The van der Waals surface area contributed by atoms with Crippen molar-refractivity contribution in [1.29, 1.82) is 0 Å². The third-order valence-corrected chi connectivity index (χ3v) is 4.91. The van der Waals surface area contributed by atoms with Crippen LogP contribution in [0.1, 0.15) is 34.3 Å². The molecule has 0 bridgehead atoms. The highest BCUT2D eigenvalue weighted by atomic mass is 79.9. The molecule has 3 rings (SSSR count). The summed E-state index contributed by atoms with van der Waals surface area (Å²) in [4.78, 5) is 13.8. The third kappa shape index (κ3) is 4.42. The van der Waals surface area contributed by atoms with Crippen molar-refractivity contribution in [1.82, 2.24) is 5.32 Å². The first kappa shape index (κ1) is 17.1. The van der Waals surface area contributed by atoms with Gasteiger partial charge in [0, 0.05) is 29.4 Å². The van der Waals surface area contributed by atoms with Gasteiger partial charge in [0.25, 0.3) is 5.91 Å². The number of quaternary nitrogens is 1. The lowest BCUT2D eigenvalue weighted by molar-refractivity contribution is -0.901. The molecule has 24 heavy (non-hydrogen) atoms. The standard InChI is InChI=1S/C19H20BrFN2O/c20-16-7-8-18(21)17(11-16)19(24)22-12-14-3-5-15(6-4-14)13-23-9-1-2-10-23/h3-8,11H,1-2,9-10,12-13H2,(H,22,24)/p+1. The predicted octanol–water partition coefficient (Wildman–Crippen LogP) is 2.70. The zero-order valence-electron chi connectivity index (χ0n) is 13.4. The van der Waals surface area contributed by atoms with Gasteiger partial charge in [0.1, 0.15) is 12.4 Å². The highest BCUT2D eigenvalue weighted by Gasteiger charge is 2.15. The van der Waals surface area contributed by atoms with Gasteiger partial charge in [0.15, 0.2) is 0 Å². The molecule has 126 valence electrons. The minimum Gasteiger partial charge on any atom is -0.348 e. The Labute approximate surface area is 150 Å². The smallest absolute Gasteiger partial charge is 0.254 e. The number of likely N-dealkylation sites (tertiary alicyclic amines) is 1. The quantitative estimate of drug-likeness (QED) is 0.806. The Bertz CT molecular complexity index is 712. The number of nitrogens with one attached hydrogen (secondary N) is 2. The van der Waals surface area contributed by atoms with Crippen LogP contribution in [0.25, 0.3) is 0 Å². The van der Waals surface area contributed by atoms with Crippen LogP contribution in [0, 0.1) is 5.82 Å². The van der Waals surface area contributed by atoms with Crippen LogP contribution in [0.4, 0.5) is 4.39 Å². The lowest BCUT2D eigenvalue weighted by atomic mass is 10.1. The van der Waals surface area contributed by atoms with Crippen molar-refractivity contribution in [2.75, 3.05) is 13.1 Å². The molecule has 0 saturated carbocycles. The summed E-state index contributed by atoms with van der Waals surface area (Å²) in [6.07, 6.45) is 2.65. The van der Waals surface area contributed by atoms with Gasteiger partial charge in [-0.1, -0.05) is 40.2 Å². The van der Waals surface area contributed by atoms with Crippen LogP contribution in [-0.2, 0) is 13.1 Å². The van der Waals surface area contributed by atoms with Gasteiger partial charge >= 0.3 is 0 Å². The fourth-order valence-electron chi connectivity index (χ4n) is 3.06. The second-order valence-corrected chi connectivity index (χ2v) is 7.17. The molecule has 2 N–H and O–H groups in total. The van der Waals surface area contributed by atoms with E-state index in [4.69, 9.17) is 0 Å². The number of halogens is 2. The van der Waals surface area contributed by atoms with Crippen LogP contribution in [0.15, 0.2) is 46.9 Å². The minimum absolute atomic E-state index is 0.0543. The molecule has 1 aliphatic rings. The van der Waals surface area contributed by atoms with Crippen molar-refractivity contribution in [3.63, 3.8) is 0 Å². The second kappa shape index (κ2) is 7.90. The maximum Gasteiger partial charge on any atom is 0.254 e. The highest BCUT2D eigenvalue weighted by molar-refractivity contribution is 9.10. The van der Waals surface area contributed by atoms with E-state index in [0.717, 1.165) is 12.1 Å². The summed E-state index contributed by atoms with van der Waals surface area (Å²) in [7, 11) is 0. The second-order valence-electron chi connectivity index (χ2n) is 6.26. The van der Waals surface area contributed by atoms with Crippen LogP contribution >= 0.6 is 15.9 Å². The summed E-state index contributed by atoms with van der Waals surface area (Å²) >= 11 is 3.26. The molecule has 1 heterocycles. The summed E-state index contributed by atoms with van der Waals surface area (Å²) in [5, 5.41) is 2.77. The molecule has 5 heteroatoms. The van der Waals surface area contributed by atoms with Gasteiger partial charge in [-0.05, 0) is 23.8 Å². The van der Waals surface area contributed by atoms with Crippen molar-refractivity contribution in [3.05, 3.63) is 69.4 Å². The number of hydrogen-bond donors (Lipinski definition) is 2. The topological polar surface area (TPSA) is 33.5 Å². The normalized spacial score (nSPS) is 14.8. The number of amides is 1. The first-order valence-electron chi connectivity index (χ1n) is 8.26. The molecule has 3 nitrogen and oxygen atoms in total.